The number of nitrogens with zero attached hydrogens (tertiary/aromatic N) is 1. The topological polar surface area (TPSA) is 3.24 Å². The minimum Gasteiger partial charge on any atom is -1.00 e. The van der Waals surface area contributed by atoms with E-state index in [1.54, 1.807) is 0 Å². The van der Waals surface area contributed by atoms with Crippen molar-refractivity contribution >= 4 is 5.69 Å². The highest BCUT2D eigenvalue weighted by Gasteiger charge is 2.17. The van der Waals surface area contributed by atoms with E-state index in [2.05, 4.69) is 41.8 Å². The van der Waals surface area contributed by atoms with Gasteiger partial charge in [-0.25, -0.2) is 0 Å². The Balaban J connectivity index is 0.000000980. The van der Waals surface area contributed by atoms with Crippen molar-refractivity contribution in [2.45, 2.75) is 6.42 Å². The quantitative estimate of drug-likeness (QED) is 0.508. The van der Waals surface area contributed by atoms with Crippen LogP contribution in [0.3, 0.4) is 0 Å². The maximum absolute atomic E-state index is 3.74. The summed E-state index contributed by atoms with van der Waals surface area (Å²) in [6.07, 6.45) is 8.06. The zero-order valence-corrected chi connectivity index (χ0v) is 9.50. The van der Waals surface area contributed by atoms with Crippen molar-refractivity contribution in [3.8, 4) is 0 Å². The summed E-state index contributed by atoms with van der Waals surface area (Å²) in [5, 5.41) is 0. The van der Waals surface area contributed by atoms with Gasteiger partial charge in [0.25, 0.3) is 0 Å². The highest BCUT2D eigenvalue weighted by Crippen LogP contribution is 2.24. The molecule has 0 aromatic heterocycles. The molecule has 1 aromatic rings. The monoisotopic (exact) mass is 249 g/mol. The Hall–Kier alpha value is -1.11. The van der Waals surface area contributed by atoms with Gasteiger partial charge in [0, 0.05) is 12.1 Å². The molecule has 0 spiro atoms. The number of para-hydroxylation sites is 1. The van der Waals surface area contributed by atoms with Gasteiger partial charge < -0.3 is 21.9 Å². The van der Waals surface area contributed by atoms with E-state index in [4.69, 9.17) is 0 Å². The smallest absolute Gasteiger partial charge is 0.249 e. The van der Waals surface area contributed by atoms with Crippen molar-refractivity contribution in [2.75, 3.05) is 11.4 Å². The van der Waals surface area contributed by atoms with E-state index < -0.39 is 0 Å². The van der Waals surface area contributed by atoms with Crippen LogP contribution in [0.1, 0.15) is 5.56 Å². The Labute approximate surface area is 95.5 Å². The summed E-state index contributed by atoms with van der Waals surface area (Å²) in [5.41, 5.74) is 2.62. The second-order valence-electron chi connectivity index (χ2n) is 3.08. The van der Waals surface area contributed by atoms with Gasteiger partial charge in [0.05, 0.1) is 5.69 Å². The van der Waals surface area contributed by atoms with Gasteiger partial charge in [-0.15, -0.1) is 6.58 Å². The van der Waals surface area contributed by atoms with Gasteiger partial charge in [0.2, 0.25) is 12.3 Å². The lowest BCUT2D eigenvalue weighted by molar-refractivity contribution is -0.00000256. The first kappa shape index (κ1) is 11.0. The van der Waals surface area contributed by atoms with Crippen LogP contribution in [0.15, 0.2) is 43.1 Å². The first-order valence-corrected chi connectivity index (χ1v) is 4.44. The minimum atomic E-state index is 0. The van der Waals surface area contributed by atoms with Gasteiger partial charge in [0.1, 0.15) is 0 Å². The summed E-state index contributed by atoms with van der Waals surface area (Å²) in [5.74, 6) is 0. The van der Waals surface area contributed by atoms with Crippen LogP contribution in [0, 0.1) is 6.08 Å². The zero-order chi connectivity index (χ0) is 9.10. The van der Waals surface area contributed by atoms with Gasteiger partial charge in [-0.3, -0.25) is 0 Å². The molecule has 0 atom stereocenters. The van der Waals surface area contributed by atoms with Crippen LogP contribution >= 0.6 is 0 Å². The summed E-state index contributed by atoms with van der Waals surface area (Å²) < 4.78 is 0. The SMILES string of the molecule is C=CCN1C=[C+]Cc2ccccc21.[Br-]. The van der Waals surface area contributed by atoms with Gasteiger partial charge in [-0.1, -0.05) is 24.3 Å². The van der Waals surface area contributed by atoms with Gasteiger partial charge in [0.15, 0.2) is 6.42 Å². The molecule has 72 valence electrons. The first-order valence-electron chi connectivity index (χ1n) is 4.44. The lowest BCUT2D eigenvalue weighted by Crippen LogP contribution is -3.00. The standard InChI is InChI=1S/C12H12N.BrH/c1-2-9-13-10-5-7-11-6-3-4-8-12(11)13;/h2-4,6,8,10H,1,7,9H2;1H/q+1;/p-1. The highest BCUT2D eigenvalue weighted by molar-refractivity contribution is 5.58. The summed E-state index contributed by atoms with van der Waals surface area (Å²) in [4.78, 5) is 2.16. The molecule has 1 aliphatic heterocycles. The maximum atomic E-state index is 3.74. The number of allylic oxidation sites excluding steroid dienone is 1. The number of halogens is 1. The summed E-state index contributed by atoms with van der Waals surface area (Å²) >= 11 is 0. The Morgan fingerprint density at radius 2 is 2.21 bits per heavy atom. The Kier molecular flexibility index (Phi) is 3.87. The molecular weight excluding hydrogens is 238 g/mol. The third-order valence-corrected chi connectivity index (χ3v) is 2.17. The summed E-state index contributed by atoms with van der Waals surface area (Å²) in [6.45, 7) is 4.59. The summed E-state index contributed by atoms with van der Waals surface area (Å²) in [6, 6.07) is 8.41. The molecule has 0 unspecified atom stereocenters. The Bertz CT molecular complexity index is 344. The lowest BCUT2D eigenvalue weighted by Gasteiger charge is -2.18. The van der Waals surface area contributed by atoms with Crippen LogP contribution in [0.25, 0.3) is 0 Å². The molecule has 0 amide bonds. The normalized spacial score (nSPS) is 12.4. The van der Waals surface area contributed by atoms with Crippen LogP contribution in [0.4, 0.5) is 5.69 Å². The minimum absolute atomic E-state index is 0. The predicted molar refractivity (Wildman–Crippen MR) is 55.5 cm³/mol. The fourth-order valence-corrected chi connectivity index (χ4v) is 1.57. The van der Waals surface area contributed by atoms with Gasteiger partial charge in [-0.2, -0.15) is 0 Å². The van der Waals surface area contributed by atoms with Crippen molar-refractivity contribution in [1.29, 1.82) is 0 Å². The first-order chi connectivity index (χ1) is 6.42. The van der Waals surface area contributed by atoms with E-state index in [0.717, 1.165) is 13.0 Å². The highest BCUT2D eigenvalue weighted by atomic mass is 79.9. The van der Waals surface area contributed by atoms with E-state index in [1.165, 1.54) is 11.3 Å². The molecule has 0 fully saturated rings. The molecule has 1 nitrogen and oxygen atoms in total. The molecule has 1 aliphatic rings. The molecule has 14 heavy (non-hydrogen) atoms. The van der Waals surface area contributed by atoms with E-state index in [9.17, 15) is 0 Å². The second kappa shape index (κ2) is 4.94. The molecular formula is C12H12BrN. The van der Waals surface area contributed by atoms with Crippen LogP contribution in [-0.4, -0.2) is 6.54 Å². The van der Waals surface area contributed by atoms with Crippen molar-refractivity contribution in [1.82, 2.24) is 0 Å². The van der Waals surface area contributed by atoms with Crippen molar-refractivity contribution in [3.05, 3.63) is 54.8 Å². The molecule has 0 saturated heterocycles. The van der Waals surface area contributed by atoms with Gasteiger partial charge in [-0.05, 0) is 6.07 Å². The number of hydrogen-bond acceptors (Lipinski definition) is 1. The molecule has 2 heteroatoms. The van der Waals surface area contributed by atoms with Crippen LogP contribution in [-0.2, 0) is 6.42 Å². The Morgan fingerprint density at radius 1 is 1.43 bits per heavy atom. The molecule has 1 heterocycles. The Morgan fingerprint density at radius 3 is 3.00 bits per heavy atom. The number of hydrogen-bond donors (Lipinski definition) is 0. The van der Waals surface area contributed by atoms with Crippen molar-refractivity contribution in [3.63, 3.8) is 0 Å². The number of anilines is 1. The number of fused-ring (bicyclic) bond motifs is 1. The molecule has 0 N–H and O–H groups in total. The number of benzene rings is 1. The molecule has 1 aromatic carbocycles. The van der Waals surface area contributed by atoms with E-state index >= 15 is 0 Å². The van der Waals surface area contributed by atoms with Crippen molar-refractivity contribution in [2.24, 2.45) is 0 Å². The van der Waals surface area contributed by atoms with Crippen molar-refractivity contribution < 1.29 is 17.0 Å². The van der Waals surface area contributed by atoms with Gasteiger partial charge >= 0.3 is 0 Å². The average Bonchev–Trinajstić information content (AvgIpc) is 2.19. The number of rotatable bonds is 2. The molecule has 0 saturated carbocycles. The fourth-order valence-electron chi connectivity index (χ4n) is 1.57. The second-order valence-corrected chi connectivity index (χ2v) is 3.08. The zero-order valence-electron chi connectivity index (χ0n) is 7.91. The molecule has 0 aliphatic carbocycles. The van der Waals surface area contributed by atoms with Crippen LogP contribution in [0.5, 0.6) is 0 Å². The average molecular weight is 250 g/mol. The maximum Gasteiger partial charge on any atom is 0.249 e. The van der Waals surface area contributed by atoms with E-state index in [-0.39, 0.29) is 17.0 Å². The third kappa shape index (κ3) is 2.03. The predicted octanol–water partition coefficient (Wildman–Crippen LogP) is -0.444. The molecule has 0 radical (unpaired) electrons. The summed E-state index contributed by atoms with van der Waals surface area (Å²) in [7, 11) is 0. The van der Waals surface area contributed by atoms with Crippen LogP contribution in [0.2, 0.25) is 0 Å². The molecule has 2 rings (SSSR count). The molecule has 0 bridgehead atoms. The third-order valence-electron chi connectivity index (χ3n) is 2.17. The van der Waals surface area contributed by atoms with Crippen LogP contribution < -0.4 is 21.9 Å². The fraction of sp³-hybridized carbons (Fsp3) is 0.167. The lowest BCUT2D eigenvalue weighted by atomic mass is 10.1. The van der Waals surface area contributed by atoms with E-state index in [1.807, 2.05) is 12.3 Å². The largest absolute Gasteiger partial charge is 1.00 e. The van der Waals surface area contributed by atoms with E-state index in [0.29, 0.717) is 0 Å².